The van der Waals surface area contributed by atoms with Crippen molar-refractivity contribution in [1.82, 2.24) is 4.90 Å². The van der Waals surface area contributed by atoms with Crippen molar-refractivity contribution < 1.29 is 9.90 Å². The third kappa shape index (κ3) is 3.61. The number of aliphatic carboxylic acids is 1. The van der Waals surface area contributed by atoms with E-state index in [9.17, 15) is 4.79 Å². The number of carboxylic acid groups (broad SMARTS) is 1. The molecule has 2 rings (SSSR count). The van der Waals surface area contributed by atoms with Crippen LogP contribution < -0.4 is 4.90 Å². The molecule has 1 atom stereocenters. The number of anilines is 1. The summed E-state index contributed by atoms with van der Waals surface area (Å²) in [6.07, 6.45) is 2.85. The molecule has 1 saturated heterocycles. The fraction of sp³-hybridized carbons (Fsp3) is 0.400. The average Bonchev–Trinajstić information content (AvgIpc) is 2.40. The molecule has 5 heteroatoms. The van der Waals surface area contributed by atoms with Gasteiger partial charge in [0.1, 0.15) is 0 Å². The molecule has 1 N–H and O–H groups in total. The van der Waals surface area contributed by atoms with Crippen molar-refractivity contribution in [2.75, 3.05) is 31.6 Å². The van der Waals surface area contributed by atoms with E-state index in [1.54, 1.807) is 6.08 Å². The van der Waals surface area contributed by atoms with Gasteiger partial charge in [0.15, 0.2) is 0 Å². The molecule has 0 amide bonds. The number of likely N-dealkylation sites (N-methyl/N-ethyl adjacent to an activating group) is 1. The Morgan fingerprint density at radius 3 is 2.85 bits per heavy atom. The van der Waals surface area contributed by atoms with Crippen LogP contribution in [0.5, 0.6) is 0 Å². The molecule has 20 heavy (non-hydrogen) atoms. The van der Waals surface area contributed by atoms with Gasteiger partial charge in [-0.25, -0.2) is 4.79 Å². The van der Waals surface area contributed by atoms with Gasteiger partial charge in [-0.3, -0.25) is 0 Å². The van der Waals surface area contributed by atoms with Crippen molar-refractivity contribution in [3.8, 4) is 0 Å². The van der Waals surface area contributed by atoms with Crippen LogP contribution in [-0.4, -0.2) is 48.7 Å². The SMILES string of the molecule is CC1CN(c2cc(Br)ccc2C=CC(=O)O)CCN1C. The van der Waals surface area contributed by atoms with E-state index in [0.29, 0.717) is 6.04 Å². The summed E-state index contributed by atoms with van der Waals surface area (Å²) in [5, 5.41) is 8.79. The van der Waals surface area contributed by atoms with Crippen molar-refractivity contribution in [2.24, 2.45) is 0 Å². The average molecular weight is 339 g/mol. The summed E-state index contributed by atoms with van der Waals surface area (Å²) in [5.74, 6) is -0.925. The first-order chi connectivity index (χ1) is 9.47. The summed E-state index contributed by atoms with van der Waals surface area (Å²) in [5.41, 5.74) is 2.02. The van der Waals surface area contributed by atoms with Crippen LogP contribution >= 0.6 is 15.9 Å². The second-order valence-electron chi connectivity index (χ2n) is 5.15. The topological polar surface area (TPSA) is 43.8 Å². The number of carboxylic acids is 1. The van der Waals surface area contributed by atoms with Gasteiger partial charge >= 0.3 is 5.97 Å². The summed E-state index contributed by atoms with van der Waals surface area (Å²) in [7, 11) is 2.13. The van der Waals surface area contributed by atoms with Crippen molar-refractivity contribution >= 4 is 33.7 Å². The van der Waals surface area contributed by atoms with E-state index in [2.05, 4.69) is 45.8 Å². The molecule has 1 heterocycles. The van der Waals surface area contributed by atoms with Crippen LogP contribution in [0, 0.1) is 0 Å². The van der Waals surface area contributed by atoms with Gasteiger partial charge < -0.3 is 14.9 Å². The number of piperazine rings is 1. The Balaban J connectivity index is 2.29. The zero-order valence-corrected chi connectivity index (χ0v) is 13.3. The first kappa shape index (κ1) is 15.1. The van der Waals surface area contributed by atoms with Gasteiger partial charge in [0, 0.05) is 41.9 Å². The van der Waals surface area contributed by atoms with Crippen LogP contribution in [0.4, 0.5) is 5.69 Å². The lowest BCUT2D eigenvalue weighted by Gasteiger charge is -2.39. The van der Waals surface area contributed by atoms with E-state index in [-0.39, 0.29) is 0 Å². The highest BCUT2D eigenvalue weighted by molar-refractivity contribution is 9.10. The van der Waals surface area contributed by atoms with E-state index in [4.69, 9.17) is 5.11 Å². The van der Waals surface area contributed by atoms with Crippen molar-refractivity contribution in [3.05, 3.63) is 34.3 Å². The normalized spacial score (nSPS) is 20.6. The zero-order valence-electron chi connectivity index (χ0n) is 11.7. The summed E-state index contributed by atoms with van der Waals surface area (Å²) in [6.45, 7) is 5.11. The molecular weight excluding hydrogens is 320 g/mol. The van der Waals surface area contributed by atoms with Crippen LogP contribution in [0.25, 0.3) is 6.08 Å². The quantitative estimate of drug-likeness (QED) is 0.860. The second kappa shape index (κ2) is 6.41. The number of rotatable bonds is 3. The highest BCUT2D eigenvalue weighted by Gasteiger charge is 2.22. The lowest BCUT2D eigenvalue weighted by atomic mass is 10.1. The minimum atomic E-state index is -0.925. The van der Waals surface area contributed by atoms with Crippen molar-refractivity contribution in [1.29, 1.82) is 0 Å². The van der Waals surface area contributed by atoms with E-state index in [1.807, 2.05) is 12.1 Å². The predicted molar refractivity (Wildman–Crippen MR) is 85.1 cm³/mol. The molecule has 1 fully saturated rings. The smallest absolute Gasteiger partial charge is 0.328 e. The molecule has 0 saturated carbocycles. The summed E-state index contributed by atoms with van der Waals surface area (Å²) >= 11 is 3.49. The highest BCUT2D eigenvalue weighted by atomic mass is 79.9. The number of hydrogen-bond donors (Lipinski definition) is 1. The third-order valence-corrected chi connectivity index (χ3v) is 4.19. The maximum Gasteiger partial charge on any atom is 0.328 e. The molecule has 0 aliphatic carbocycles. The molecule has 4 nitrogen and oxygen atoms in total. The van der Waals surface area contributed by atoms with Gasteiger partial charge in [-0.15, -0.1) is 0 Å². The van der Waals surface area contributed by atoms with Gasteiger partial charge in [-0.05, 0) is 37.7 Å². The molecule has 0 spiro atoms. The van der Waals surface area contributed by atoms with E-state index < -0.39 is 5.97 Å². The van der Waals surface area contributed by atoms with Crippen LogP contribution in [0.2, 0.25) is 0 Å². The molecule has 1 aliphatic rings. The standard InChI is InChI=1S/C15H19BrN2O2/c1-11-10-18(8-7-17(11)2)14-9-13(16)5-3-12(14)4-6-15(19)20/h3-6,9,11H,7-8,10H2,1-2H3,(H,19,20). The summed E-state index contributed by atoms with van der Waals surface area (Å²) in [4.78, 5) is 15.4. The number of hydrogen-bond acceptors (Lipinski definition) is 3. The largest absolute Gasteiger partial charge is 0.478 e. The summed E-state index contributed by atoms with van der Waals surface area (Å²) in [6, 6.07) is 6.42. The lowest BCUT2D eigenvalue weighted by molar-refractivity contribution is -0.131. The van der Waals surface area contributed by atoms with Gasteiger partial charge in [0.2, 0.25) is 0 Å². The molecule has 0 aromatic heterocycles. The Morgan fingerprint density at radius 1 is 1.45 bits per heavy atom. The third-order valence-electron chi connectivity index (χ3n) is 3.70. The highest BCUT2D eigenvalue weighted by Crippen LogP contribution is 2.28. The Morgan fingerprint density at radius 2 is 2.20 bits per heavy atom. The molecule has 1 aromatic carbocycles. The molecule has 0 bridgehead atoms. The zero-order chi connectivity index (χ0) is 14.7. The van der Waals surface area contributed by atoms with Crippen LogP contribution in [-0.2, 0) is 4.79 Å². The number of carbonyl (C=O) groups is 1. The van der Waals surface area contributed by atoms with Gasteiger partial charge in [-0.2, -0.15) is 0 Å². The summed E-state index contributed by atoms with van der Waals surface area (Å²) < 4.78 is 1.01. The van der Waals surface area contributed by atoms with E-state index in [0.717, 1.165) is 35.4 Å². The Bertz CT molecular complexity index is 531. The molecule has 1 unspecified atom stereocenters. The van der Waals surface area contributed by atoms with Crippen LogP contribution in [0.15, 0.2) is 28.7 Å². The number of nitrogens with zero attached hydrogens (tertiary/aromatic N) is 2. The first-order valence-electron chi connectivity index (χ1n) is 6.63. The molecule has 1 aromatic rings. The number of halogens is 1. The van der Waals surface area contributed by atoms with Gasteiger partial charge in [0.05, 0.1) is 0 Å². The van der Waals surface area contributed by atoms with Gasteiger partial charge in [0.25, 0.3) is 0 Å². The minimum absolute atomic E-state index is 0.485. The van der Waals surface area contributed by atoms with Crippen molar-refractivity contribution in [2.45, 2.75) is 13.0 Å². The van der Waals surface area contributed by atoms with Crippen molar-refractivity contribution in [3.63, 3.8) is 0 Å². The lowest BCUT2D eigenvalue weighted by Crippen LogP contribution is -2.50. The minimum Gasteiger partial charge on any atom is -0.478 e. The Hall–Kier alpha value is -1.33. The fourth-order valence-electron chi connectivity index (χ4n) is 2.36. The van der Waals surface area contributed by atoms with E-state index >= 15 is 0 Å². The van der Waals surface area contributed by atoms with E-state index in [1.165, 1.54) is 6.08 Å². The van der Waals surface area contributed by atoms with Gasteiger partial charge in [-0.1, -0.05) is 22.0 Å². The molecule has 1 aliphatic heterocycles. The maximum atomic E-state index is 10.7. The molecular formula is C15H19BrN2O2. The predicted octanol–water partition coefficient (Wildman–Crippen LogP) is 2.69. The first-order valence-corrected chi connectivity index (χ1v) is 7.42. The maximum absolute atomic E-state index is 10.7. The number of benzene rings is 1. The monoisotopic (exact) mass is 338 g/mol. The fourth-order valence-corrected chi connectivity index (χ4v) is 2.71. The van der Waals surface area contributed by atoms with Crippen LogP contribution in [0.3, 0.4) is 0 Å². The Kier molecular flexibility index (Phi) is 4.83. The Labute approximate surface area is 127 Å². The second-order valence-corrected chi connectivity index (χ2v) is 6.07. The molecule has 108 valence electrons. The van der Waals surface area contributed by atoms with Crippen LogP contribution in [0.1, 0.15) is 12.5 Å². The molecule has 0 radical (unpaired) electrons.